The molecule has 9 nitrogen and oxygen atoms in total. The summed E-state index contributed by atoms with van der Waals surface area (Å²) in [6, 6.07) is 8.02. The third kappa shape index (κ3) is 6.66. The molecule has 0 spiro atoms. The van der Waals surface area contributed by atoms with E-state index in [0.717, 1.165) is 24.2 Å². The second-order valence-electron chi connectivity index (χ2n) is 7.54. The van der Waals surface area contributed by atoms with Crippen LogP contribution >= 0.6 is 0 Å². The molecule has 2 aliphatic rings. The molecule has 1 saturated carbocycles. The van der Waals surface area contributed by atoms with Gasteiger partial charge in [0.1, 0.15) is 11.6 Å². The van der Waals surface area contributed by atoms with Crippen LogP contribution in [0.2, 0.25) is 0 Å². The largest absolute Gasteiger partial charge is 0.497 e. The zero-order chi connectivity index (χ0) is 21.2. The van der Waals surface area contributed by atoms with Gasteiger partial charge in [-0.1, -0.05) is 12.8 Å². The van der Waals surface area contributed by atoms with Crippen molar-refractivity contribution in [2.45, 2.75) is 43.9 Å². The smallest absolute Gasteiger partial charge is 0.200 e. The number of nitrogens with zero attached hydrogens (tertiary/aromatic N) is 2. The predicted molar refractivity (Wildman–Crippen MR) is 118 cm³/mol. The normalized spacial score (nSPS) is 23.2. The van der Waals surface area contributed by atoms with Gasteiger partial charge in [0.2, 0.25) is 0 Å². The highest BCUT2D eigenvalue weighted by molar-refractivity contribution is 6.10. The minimum absolute atomic E-state index is 0.315. The van der Waals surface area contributed by atoms with Gasteiger partial charge >= 0.3 is 0 Å². The average Bonchev–Trinajstić information content (AvgIpc) is 3.26. The summed E-state index contributed by atoms with van der Waals surface area (Å²) in [6.07, 6.45) is 5.13. The summed E-state index contributed by atoms with van der Waals surface area (Å²) in [4.78, 5) is 9.59. The number of nitrogens with two attached hydrogens (primary N) is 2. The molecule has 166 valence electrons. The minimum atomic E-state index is -1.00. The molecule has 1 aliphatic carbocycles. The van der Waals surface area contributed by atoms with E-state index in [4.69, 9.17) is 35.7 Å². The molecule has 1 atom stereocenters. The Hall–Kier alpha value is -2.20. The fraction of sp³-hybridized carbons (Fsp3) is 0.619. The van der Waals surface area contributed by atoms with Crippen molar-refractivity contribution in [2.24, 2.45) is 21.5 Å². The van der Waals surface area contributed by atoms with Crippen molar-refractivity contribution in [3.63, 3.8) is 0 Å². The third-order valence-electron chi connectivity index (χ3n) is 5.14. The summed E-state index contributed by atoms with van der Waals surface area (Å²) < 4.78 is 16.2. The minimum Gasteiger partial charge on any atom is -0.497 e. The lowest BCUT2D eigenvalue weighted by molar-refractivity contribution is 0.0430. The fourth-order valence-corrected chi connectivity index (χ4v) is 3.52. The Morgan fingerprint density at radius 3 is 2.47 bits per heavy atom. The molecule has 6 N–H and O–H groups in total. The molecule has 1 aromatic rings. The topological polar surface area (TPSA) is 129 Å². The zero-order valence-electron chi connectivity index (χ0n) is 17.7. The van der Waals surface area contributed by atoms with Crippen LogP contribution in [0.15, 0.2) is 34.3 Å². The Kier molecular flexibility index (Phi) is 8.44. The van der Waals surface area contributed by atoms with Crippen molar-refractivity contribution >= 4 is 11.8 Å². The average molecular weight is 419 g/mol. The van der Waals surface area contributed by atoms with Gasteiger partial charge in [0.25, 0.3) is 0 Å². The van der Waals surface area contributed by atoms with E-state index in [1.165, 1.54) is 12.8 Å². The lowest BCUT2D eigenvalue weighted by Crippen LogP contribution is -2.64. The summed E-state index contributed by atoms with van der Waals surface area (Å²) in [5.41, 5.74) is 12.9. The van der Waals surface area contributed by atoms with Gasteiger partial charge < -0.3 is 30.6 Å². The highest BCUT2D eigenvalue weighted by Gasteiger charge is 2.31. The Balaban J connectivity index is 1.68. The number of aliphatic imine (C=N–C) groups is 2. The van der Waals surface area contributed by atoms with Crippen LogP contribution in [0.3, 0.4) is 0 Å². The van der Waals surface area contributed by atoms with E-state index in [-0.39, 0.29) is 0 Å². The highest BCUT2D eigenvalue weighted by Crippen LogP contribution is 2.22. The lowest BCUT2D eigenvalue weighted by Gasteiger charge is -2.34. The molecule has 1 aromatic carbocycles. The van der Waals surface area contributed by atoms with Crippen LogP contribution in [0, 0.1) is 0 Å². The van der Waals surface area contributed by atoms with Crippen LogP contribution in [-0.2, 0) is 9.47 Å². The third-order valence-corrected chi connectivity index (χ3v) is 5.14. The molecule has 1 aliphatic heterocycles. The lowest BCUT2D eigenvalue weighted by atomic mass is 10.1. The first-order chi connectivity index (χ1) is 14.6. The van der Waals surface area contributed by atoms with Gasteiger partial charge in [-0.3, -0.25) is 5.73 Å². The molecule has 1 unspecified atom stereocenters. The zero-order valence-corrected chi connectivity index (χ0v) is 17.7. The van der Waals surface area contributed by atoms with Crippen LogP contribution in [0.4, 0.5) is 0 Å². The van der Waals surface area contributed by atoms with Crippen molar-refractivity contribution in [2.75, 3.05) is 40.1 Å². The molecule has 0 saturated heterocycles. The molecule has 1 fully saturated rings. The van der Waals surface area contributed by atoms with Gasteiger partial charge in [0.05, 0.1) is 39.6 Å². The van der Waals surface area contributed by atoms with Crippen LogP contribution in [0.1, 0.15) is 37.7 Å². The molecule has 1 heterocycles. The standard InChI is InChI=1S/C21H34N6O3/c1-28-18-8-6-16(7-9-18)19-25-20(24-17-4-2-3-5-17)27-21(23,26-19)10-12-29-14-15-30-13-11-22/h6-9,17H,2-5,10-15,22-23H2,1H3,(H2,24,25,26,27). The van der Waals surface area contributed by atoms with E-state index in [9.17, 15) is 0 Å². The maximum atomic E-state index is 6.60. The first-order valence-corrected chi connectivity index (χ1v) is 10.6. The van der Waals surface area contributed by atoms with Gasteiger partial charge in [-0.2, -0.15) is 0 Å². The van der Waals surface area contributed by atoms with E-state index < -0.39 is 5.79 Å². The van der Waals surface area contributed by atoms with E-state index in [0.29, 0.717) is 57.2 Å². The molecule has 30 heavy (non-hydrogen) atoms. The molecule has 9 heteroatoms. The SMILES string of the molecule is COc1ccc(C2=NC(N)(CCOCCOCCN)NC(=NC3CCCC3)N2)cc1. The number of benzene rings is 1. The molecular weight excluding hydrogens is 384 g/mol. The Labute approximate surface area is 178 Å². The van der Waals surface area contributed by atoms with Gasteiger partial charge in [-0.15, -0.1) is 0 Å². The maximum Gasteiger partial charge on any atom is 0.200 e. The first kappa shape index (κ1) is 22.5. The van der Waals surface area contributed by atoms with Crippen molar-refractivity contribution < 1.29 is 14.2 Å². The molecule has 0 aromatic heterocycles. The van der Waals surface area contributed by atoms with E-state index in [1.54, 1.807) is 7.11 Å². The van der Waals surface area contributed by atoms with Crippen LogP contribution in [0.25, 0.3) is 0 Å². The number of guanidine groups is 1. The number of hydrogen-bond acceptors (Lipinski definition) is 7. The number of rotatable bonds is 11. The summed E-state index contributed by atoms with van der Waals surface area (Å²) >= 11 is 0. The van der Waals surface area contributed by atoms with Gasteiger partial charge in [-0.25, -0.2) is 9.98 Å². The van der Waals surface area contributed by atoms with Crippen molar-refractivity contribution in [1.82, 2.24) is 10.6 Å². The number of methoxy groups -OCH3 is 1. The Bertz CT molecular complexity index is 718. The summed E-state index contributed by atoms with van der Waals surface area (Å²) in [5.74, 6) is 1.13. The van der Waals surface area contributed by atoms with Crippen LogP contribution < -0.4 is 26.8 Å². The van der Waals surface area contributed by atoms with Crippen LogP contribution in [0.5, 0.6) is 5.75 Å². The summed E-state index contributed by atoms with van der Waals surface area (Å²) in [6.45, 7) is 2.50. The van der Waals surface area contributed by atoms with Gasteiger partial charge in [-0.05, 0) is 37.1 Å². The maximum absolute atomic E-state index is 6.60. The van der Waals surface area contributed by atoms with Crippen molar-refractivity contribution in [3.8, 4) is 5.75 Å². The number of hydrogen-bond donors (Lipinski definition) is 4. The fourth-order valence-electron chi connectivity index (χ4n) is 3.52. The first-order valence-electron chi connectivity index (χ1n) is 10.6. The highest BCUT2D eigenvalue weighted by atomic mass is 16.5. The Morgan fingerprint density at radius 1 is 1.10 bits per heavy atom. The van der Waals surface area contributed by atoms with Crippen molar-refractivity contribution in [3.05, 3.63) is 29.8 Å². The second kappa shape index (κ2) is 11.3. The van der Waals surface area contributed by atoms with E-state index >= 15 is 0 Å². The predicted octanol–water partition coefficient (Wildman–Crippen LogP) is 0.928. The summed E-state index contributed by atoms with van der Waals surface area (Å²) in [7, 11) is 1.65. The van der Waals surface area contributed by atoms with E-state index in [1.807, 2.05) is 24.3 Å². The van der Waals surface area contributed by atoms with Gasteiger partial charge in [0.15, 0.2) is 11.7 Å². The number of ether oxygens (including phenoxy) is 3. The Morgan fingerprint density at radius 2 is 1.80 bits per heavy atom. The van der Waals surface area contributed by atoms with Crippen molar-refractivity contribution in [1.29, 1.82) is 0 Å². The molecule has 0 bridgehead atoms. The number of nitrogens with one attached hydrogen (secondary N) is 2. The second-order valence-corrected chi connectivity index (χ2v) is 7.54. The van der Waals surface area contributed by atoms with Crippen LogP contribution in [-0.4, -0.2) is 63.7 Å². The molecule has 0 radical (unpaired) electrons. The quantitative estimate of drug-likeness (QED) is 0.394. The monoisotopic (exact) mass is 418 g/mol. The van der Waals surface area contributed by atoms with E-state index in [2.05, 4.69) is 10.6 Å². The molecule has 3 rings (SSSR count). The molecular formula is C21H34N6O3. The summed E-state index contributed by atoms with van der Waals surface area (Å²) in [5, 5.41) is 6.58. The number of amidine groups is 1. The molecule has 0 amide bonds. The van der Waals surface area contributed by atoms with Gasteiger partial charge in [0, 0.05) is 18.5 Å².